The zero-order valence-electron chi connectivity index (χ0n) is 8.15. The zero-order chi connectivity index (χ0) is 10.6. The molecule has 0 heterocycles. The highest BCUT2D eigenvalue weighted by atomic mass is 35.5. The molecule has 3 heteroatoms. The molecule has 0 bridgehead atoms. The maximum Gasteiger partial charge on any atom is 0.105 e. The fourth-order valence-electron chi connectivity index (χ4n) is 1.26. The normalized spacial score (nSPS) is 15.1. The molecular formula is C11H15ClO2. The van der Waals surface area contributed by atoms with E-state index < -0.39 is 12.2 Å². The number of rotatable bonds is 4. The van der Waals surface area contributed by atoms with Crippen LogP contribution in [0.1, 0.15) is 23.7 Å². The molecule has 0 saturated heterocycles. The summed E-state index contributed by atoms with van der Waals surface area (Å²) in [4.78, 5) is 0. The quantitative estimate of drug-likeness (QED) is 0.753. The van der Waals surface area contributed by atoms with Gasteiger partial charge in [0, 0.05) is 5.88 Å². The minimum absolute atomic E-state index is 0.351. The van der Waals surface area contributed by atoms with Gasteiger partial charge in [0.2, 0.25) is 0 Å². The monoisotopic (exact) mass is 214 g/mol. The fourth-order valence-corrected chi connectivity index (χ4v) is 1.48. The Bertz CT molecular complexity index is 271. The first-order valence-electron chi connectivity index (χ1n) is 4.64. The fraction of sp³-hybridized carbons (Fsp3) is 0.455. The van der Waals surface area contributed by atoms with E-state index in [2.05, 4.69) is 0 Å². The molecule has 0 fully saturated rings. The number of aliphatic hydroxyl groups is 2. The molecule has 2 unspecified atom stereocenters. The lowest BCUT2D eigenvalue weighted by atomic mass is 10.0. The van der Waals surface area contributed by atoms with Crippen LogP contribution in [0, 0.1) is 6.92 Å². The van der Waals surface area contributed by atoms with Crippen molar-refractivity contribution in [3.05, 3.63) is 35.4 Å². The predicted octanol–water partition coefficient (Wildman–Crippen LogP) is 2.02. The lowest BCUT2D eigenvalue weighted by Gasteiger charge is -2.17. The van der Waals surface area contributed by atoms with E-state index in [1.165, 1.54) is 0 Å². The van der Waals surface area contributed by atoms with Crippen molar-refractivity contribution in [1.29, 1.82) is 0 Å². The summed E-state index contributed by atoms with van der Waals surface area (Å²) in [6.45, 7) is 1.98. The maximum atomic E-state index is 9.70. The third-order valence-corrected chi connectivity index (χ3v) is 2.41. The summed E-state index contributed by atoms with van der Waals surface area (Å²) < 4.78 is 0. The predicted molar refractivity (Wildman–Crippen MR) is 57.5 cm³/mol. The first kappa shape index (κ1) is 11.5. The number of benzene rings is 1. The Morgan fingerprint density at radius 3 is 2.29 bits per heavy atom. The second-order valence-electron chi connectivity index (χ2n) is 3.40. The Balaban J connectivity index is 2.68. The van der Waals surface area contributed by atoms with Crippen LogP contribution in [-0.2, 0) is 0 Å². The highest BCUT2D eigenvalue weighted by Crippen LogP contribution is 2.19. The molecule has 2 N–H and O–H groups in total. The Labute approximate surface area is 89.1 Å². The minimum atomic E-state index is -0.839. The third kappa shape index (κ3) is 2.98. The number of aryl methyl sites for hydroxylation is 1. The minimum Gasteiger partial charge on any atom is -0.390 e. The lowest BCUT2D eigenvalue weighted by Crippen LogP contribution is -2.18. The highest BCUT2D eigenvalue weighted by Gasteiger charge is 2.16. The van der Waals surface area contributed by atoms with Gasteiger partial charge >= 0.3 is 0 Å². The Hall–Kier alpha value is -0.570. The van der Waals surface area contributed by atoms with Crippen LogP contribution in [0.4, 0.5) is 0 Å². The Kier molecular flexibility index (Phi) is 4.39. The average Bonchev–Trinajstić information content (AvgIpc) is 2.18. The summed E-state index contributed by atoms with van der Waals surface area (Å²) in [5.74, 6) is 0.351. The van der Waals surface area contributed by atoms with Gasteiger partial charge in [0.05, 0.1) is 6.10 Å². The summed E-state index contributed by atoms with van der Waals surface area (Å²) in [6.07, 6.45) is -1.22. The molecule has 0 amide bonds. The summed E-state index contributed by atoms with van der Waals surface area (Å²) in [5.41, 5.74) is 1.86. The van der Waals surface area contributed by atoms with E-state index in [-0.39, 0.29) is 0 Å². The Morgan fingerprint density at radius 1 is 1.21 bits per heavy atom. The van der Waals surface area contributed by atoms with Crippen molar-refractivity contribution < 1.29 is 10.2 Å². The zero-order valence-corrected chi connectivity index (χ0v) is 8.91. The molecule has 1 aromatic carbocycles. The summed E-state index contributed by atoms with van der Waals surface area (Å²) >= 11 is 5.48. The standard InChI is InChI=1S/C11H15ClO2/c1-8-2-4-9(5-3-8)11(14)10(13)6-7-12/h2-5,10-11,13-14H,6-7H2,1H3. The van der Waals surface area contributed by atoms with E-state index in [9.17, 15) is 10.2 Å². The van der Waals surface area contributed by atoms with Crippen LogP contribution < -0.4 is 0 Å². The van der Waals surface area contributed by atoms with Gasteiger partial charge in [0.25, 0.3) is 0 Å². The van der Waals surface area contributed by atoms with E-state index in [1.54, 1.807) is 0 Å². The summed E-state index contributed by atoms with van der Waals surface area (Å²) in [6, 6.07) is 7.45. The number of hydrogen-bond acceptors (Lipinski definition) is 2. The van der Waals surface area contributed by atoms with E-state index in [0.29, 0.717) is 12.3 Å². The topological polar surface area (TPSA) is 40.5 Å². The number of hydrogen-bond donors (Lipinski definition) is 2. The van der Waals surface area contributed by atoms with Gasteiger partial charge < -0.3 is 10.2 Å². The van der Waals surface area contributed by atoms with Crippen LogP contribution in [0.5, 0.6) is 0 Å². The molecule has 0 aliphatic rings. The van der Waals surface area contributed by atoms with Gasteiger partial charge in [-0.1, -0.05) is 29.8 Å². The molecule has 2 nitrogen and oxygen atoms in total. The largest absolute Gasteiger partial charge is 0.390 e. The van der Waals surface area contributed by atoms with Crippen molar-refractivity contribution in [1.82, 2.24) is 0 Å². The van der Waals surface area contributed by atoms with Crippen molar-refractivity contribution in [3.8, 4) is 0 Å². The summed E-state index contributed by atoms with van der Waals surface area (Å²) in [7, 11) is 0. The van der Waals surface area contributed by atoms with Crippen LogP contribution in [-0.4, -0.2) is 22.2 Å². The molecule has 1 aromatic rings. The van der Waals surface area contributed by atoms with Crippen LogP contribution in [0.25, 0.3) is 0 Å². The molecule has 78 valence electrons. The van der Waals surface area contributed by atoms with Gasteiger partial charge in [-0.05, 0) is 18.9 Å². The van der Waals surface area contributed by atoms with Crippen molar-refractivity contribution in [3.63, 3.8) is 0 Å². The summed E-state index contributed by atoms with van der Waals surface area (Å²) in [5, 5.41) is 19.2. The molecule has 0 spiro atoms. The first-order chi connectivity index (χ1) is 6.65. The molecule has 0 aliphatic heterocycles. The number of alkyl halides is 1. The lowest BCUT2D eigenvalue weighted by molar-refractivity contribution is 0.0170. The molecule has 0 saturated carbocycles. The molecule has 2 atom stereocenters. The van der Waals surface area contributed by atoms with Crippen LogP contribution >= 0.6 is 11.6 Å². The smallest absolute Gasteiger partial charge is 0.105 e. The van der Waals surface area contributed by atoms with Crippen molar-refractivity contribution >= 4 is 11.6 Å². The number of halogens is 1. The van der Waals surface area contributed by atoms with Crippen molar-refractivity contribution in [2.45, 2.75) is 25.6 Å². The van der Waals surface area contributed by atoms with Crippen molar-refractivity contribution in [2.75, 3.05) is 5.88 Å². The highest BCUT2D eigenvalue weighted by molar-refractivity contribution is 6.17. The van der Waals surface area contributed by atoms with Crippen LogP contribution in [0.3, 0.4) is 0 Å². The first-order valence-corrected chi connectivity index (χ1v) is 5.17. The maximum absolute atomic E-state index is 9.70. The van der Waals surface area contributed by atoms with E-state index in [0.717, 1.165) is 11.1 Å². The van der Waals surface area contributed by atoms with E-state index in [4.69, 9.17) is 11.6 Å². The van der Waals surface area contributed by atoms with E-state index >= 15 is 0 Å². The molecule has 0 radical (unpaired) electrons. The van der Waals surface area contributed by atoms with Gasteiger partial charge in [0.1, 0.15) is 6.10 Å². The molecule has 1 rings (SSSR count). The van der Waals surface area contributed by atoms with E-state index in [1.807, 2.05) is 31.2 Å². The molecular weight excluding hydrogens is 200 g/mol. The average molecular weight is 215 g/mol. The molecule has 0 aromatic heterocycles. The van der Waals surface area contributed by atoms with Gasteiger partial charge in [-0.25, -0.2) is 0 Å². The molecule has 0 aliphatic carbocycles. The van der Waals surface area contributed by atoms with Gasteiger partial charge in [0.15, 0.2) is 0 Å². The SMILES string of the molecule is Cc1ccc(C(O)C(O)CCCl)cc1. The third-order valence-electron chi connectivity index (χ3n) is 2.19. The van der Waals surface area contributed by atoms with Crippen LogP contribution in [0.2, 0.25) is 0 Å². The van der Waals surface area contributed by atoms with Crippen molar-refractivity contribution in [2.24, 2.45) is 0 Å². The number of aliphatic hydroxyl groups excluding tert-OH is 2. The van der Waals surface area contributed by atoms with Crippen LogP contribution in [0.15, 0.2) is 24.3 Å². The second kappa shape index (κ2) is 5.35. The second-order valence-corrected chi connectivity index (χ2v) is 3.78. The van der Waals surface area contributed by atoms with Gasteiger partial charge in [-0.15, -0.1) is 11.6 Å². The molecule has 14 heavy (non-hydrogen) atoms. The van der Waals surface area contributed by atoms with Gasteiger partial charge in [-0.3, -0.25) is 0 Å². The van der Waals surface area contributed by atoms with Gasteiger partial charge in [-0.2, -0.15) is 0 Å². The Morgan fingerprint density at radius 2 is 1.79 bits per heavy atom.